The molecular weight excluding hydrogens is 248 g/mol. The van der Waals surface area contributed by atoms with Gasteiger partial charge in [0.2, 0.25) is 0 Å². The smallest absolute Gasteiger partial charge is 0.133 e. The van der Waals surface area contributed by atoms with E-state index in [1.807, 2.05) is 18.2 Å². The highest BCUT2D eigenvalue weighted by Gasteiger charge is 2.24. The van der Waals surface area contributed by atoms with Crippen LogP contribution in [0.25, 0.3) is 0 Å². The van der Waals surface area contributed by atoms with Crippen molar-refractivity contribution < 1.29 is 14.2 Å². The first-order valence-corrected chi connectivity index (χ1v) is 7.41. The second-order valence-electron chi connectivity index (χ2n) is 4.63. The van der Waals surface area contributed by atoms with E-state index in [4.69, 9.17) is 14.2 Å². The van der Waals surface area contributed by atoms with Gasteiger partial charge in [-0.25, -0.2) is 0 Å². The Morgan fingerprint density at radius 3 is 2.89 bits per heavy atom. The second-order valence-corrected chi connectivity index (χ2v) is 5.83. The molecular formula is C14H18O3S. The normalized spacial score (nSPS) is 26.9. The van der Waals surface area contributed by atoms with Crippen LogP contribution in [0.5, 0.6) is 5.75 Å². The third kappa shape index (κ3) is 3.40. The molecule has 2 atom stereocenters. The third-order valence-corrected chi connectivity index (χ3v) is 4.30. The van der Waals surface area contributed by atoms with Crippen molar-refractivity contribution in [2.75, 3.05) is 19.8 Å². The monoisotopic (exact) mass is 266 g/mol. The first kappa shape index (κ1) is 12.3. The molecule has 0 amide bonds. The lowest BCUT2D eigenvalue weighted by atomic mass is 10.2. The molecule has 4 heteroatoms. The lowest BCUT2D eigenvalue weighted by Crippen LogP contribution is -2.15. The Balaban J connectivity index is 1.61. The molecule has 0 aliphatic carbocycles. The Kier molecular flexibility index (Phi) is 4.08. The van der Waals surface area contributed by atoms with Crippen LogP contribution >= 0.6 is 11.8 Å². The first-order chi connectivity index (χ1) is 8.92. The van der Waals surface area contributed by atoms with Crippen LogP contribution in [0.2, 0.25) is 0 Å². The summed E-state index contributed by atoms with van der Waals surface area (Å²) >= 11 is 1.78. The molecule has 2 unspecified atom stereocenters. The average molecular weight is 266 g/mol. The van der Waals surface area contributed by atoms with E-state index in [0.29, 0.717) is 12.7 Å². The maximum absolute atomic E-state index is 5.80. The summed E-state index contributed by atoms with van der Waals surface area (Å²) in [6.45, 7) is 2.38. The zero-order valence-corrected chi connectivity index (χ0v) is 11.2. The molecule has 18 heavy (non-hydrogen) atoms. The van der Waals surface area contributed by atoms with E-state index in [9.17, 15) is 0 Å². The molecule has 2 saturated heterocycles. The van der Waals surface area contributed by atoms with Crippen molar-refractivity contribution in [3.8, 4) is 5.75 Å². The fourth-order valence-electron chi connectivity index (χ4n) is 1.96. The molecule has 2 heterocycles. The SMILES string of the molecule is c1ccc(SC2CCCCO2)c(OCC2CO2)c1. The van der Waals surface area contributed by atoms with Gasteiger partial charge in [0.15, 0.2) is 0 Å². The van der Waals surface area contributed by atoms with Gasteiger partial charge in [-0.3, -0.25) is 0 Å². The Morgan fingerprint density at radius 1 is 1.22 bits per heavy atom. The van der Waals surface area contributed by atoms with E-state index in [1.54, 1.807) is 11.8 Å². The van der Waals surface area contributed by atoms with Gasteiger partial charge >= 0.3 is 0 Å². The number of thioether (sulfide) groups is 1. The Bertz CT molecular complexity index is 386. The summed E-state index contributed by atoms with van der Waals surface area (Å²) in [5.41, 5.74) is 0.278. The van der Waals surface area contributed by atoms with Crippen molar-refractivity contribution >= 4 is 11.8 Å². The Morgan fingerprint density at radius 2 is 2.11 bits per heavy atom. The van der Waals surface area contributed by atoms with E-state index < -0.39 is 0 Å². The standard InChI is InChI=1S/C14H18O3S/c1-2-6-13(18-14-7-3-4-8-15-14)12(5-1)17-10-11-9-16-11/h1-2,5-6,11,14H,3-4,7-10H2. The maximum Gasteiger partial charge on any atom is 0.133 e. The number of ether oxygens (including phenoxy) is 3. The van der Waals surface area contributed by atoms with Gasteiger partial charge in [-0.05, 0) is 31.4 Å². The van der Waals surface area contributed by atoms with Crippen LogP contribution in [-0.2, 0) is 9.47 Å². The molecule has 0 N–H and O–H groups in total. The molecule has 2 aliphatic rings. The molecule has 2 fully saturated rings. The Hall–Kier alpha value is -0.710. The summed E-state index contributed by atoms with van der Waals surface area (Å²) in [7, 11) is 0. The molecule has 3 rings (SSSR count). The minimum Gasteiger partial charge on any atom is -0.490 e. The number of rotatable bonds is 5. The van der Waals surface area contributed by atoms with Crippen LogP contribution in [0.15, 0.2) is 29.2 Å². The van der Waals surface area contributed by atoms with Gasteiger partial charge in [0.25, 0.3) is 0 Å². The van der Waals surface area contributed by atoms with Gasteiger partial charge in [0, 0.05) is 6.61 Å². The van der Waals surface area contributed by atoms with E-state index in [2.05, 4.69) is 6.07 Å². The topological polar surface area (TPSA) is 31.0 Å². The number of hydrogen-bond acceptors (Lipinski definition) is 4. The maximum atomic E-state index is 5.80. The number of para-hydroxylation sites is 1. The van der Waals surface area contributed by atoms with Crippen LogP contribution in [0, 0.1) is 0 Å². The van der Waals surface area contributed by atoms with Gasteiger partial charge in [-0.2, -0.15) is 0 Å². The summed E-state index contributed by atoms with van der Waals surface area (Å²) in [4.78, 5) is 1.17. The second kappa shape index (κ2) is 5.95. The highest BCUT2D eigenvalue weighted by atomic mass is 32.2. The molecule has 0 spiro atoms. The molecule has 0 aromatic heterocycles. The summed E-state index contributed by atoms with van der Waals surface area (Å²) in [5.74, 6) is 0.951. The minimum atomic E-state index is 0.278. The predicted molar refractivity (Wildman–Crippen MR) is 71.1 cm³/mol. The molecule has 0 radical (unpaired) electrons. The minimum absolute atomic E-state index is 0.278. The van der Waals surface area contributed by atoms with E-state index in [1.165, 1.54) is 17.7 Å². The number of hydrogen-bond donors (Lipinski definition) is 0. The molecule has 1 aromatic rings. The molecule has 0 bridgehead atoms. The van der Waals surface area contributed by atoms with E-state index in [0.717, 1.165) is 25.4 Å². The van der Waals surface area contributed by atoms with Gasteiger partial charge in [0.05, 0.1) is 11.5 Å². The highest BCUT2D eigenvalue weighted by Crippen LogP contribution is 2.36. The third-order valence-electron chi connectivity index (χ3n) is 3.07. The average Bonchev–Trinajstić information content (AvgIpc) is 3.23. The highest BCUT2D eigenvalue weighted by molar-refractivity contribution is 7.99. The van der Waals surface area contributed by atoms with Crippen molar-refractivity contribution in [3.05, 3.63) is 24.3 Å². The van der Waals surface area contributed by atoms with Crippen LogP contribution < -0.4 is 4.74 Å². The summed E-state index contributed by atoms with van der Waals surface area (Å²) < 4.78 is 16.7. The quantitative estimate of drug-likeness (QED) is 0.766. The van der Waals surface area contributed by atoms with Gasteiger partial charge < -0.3 is 14.2 Å². The molecule has 1 aromatic carbocycles. The van der Waals surface area contributed by atoms with Crippen molar-refractivity contribution in [1.82, 2.24) is 0 Å². The molecule has 2 aliphatic heterocycles. The molecule has 98 valence electrons. The van der Waals surface area contributed by atoms with Crippen molar-refractivity contribution in [3.63, 3.8) is 0 Å². The summed E-state index contributed by atoms with van der Waals surface area (Å²) in [6.07, 6.45) is 3.88. The van der Waals surface area contributed by atoms with Crippen molar-refractivity contribution in [2.45, 2.75) is 35.7 Å². The fraction of sp³-hybridized carbons (Fsp3) is 0.571. The first-order valence-electron chi connectivity index (χ1n) is 6.53. The van der Waals surface area contributed by atoms with Crippen LogP contribution in [0.4, 0.5) is 0 Å². The Labute approximate surface area is 112 Å². The zero-order chi connectivity index (χ0) is 12.2. The number of epoxide rings is 1. The van der Waals surface area contributed by atoms with Crippen molar-refractivity contribution in [1.29, 1.82) is 0 Å². The summed E-state index contributed by atoms with van der Waals surface area (Å²) in [5, 5.41) is 0. The molecule has 3 nitrogen and oxygen atoms in total. The molecule has 0 saturated carbocycles. The van der Waals surface area contributed by atoms with E-state index >= 15 is 0 Å². The van der Waals surface area contributed by atoms with Crippen LogP contribution in [0.3, 0.4) is 0 Å². The van der Waals surface area contributed by atoms with Crippen molar-refractivity contribution in [2.24, 2.45) is 0 Å². The van der Waals surface area contributed by atoms with E-state index in [-0.39, 0.29) is 5.44 Å². The van der Waals surface area contributed by atoms with Crippen LogP contribution in [0.1, 0.15) is 19.3 Å². The lowest BCUT2D eigenvalue weighted by molar-refractivity contribution is 0.0727. The lowest BCUT2D eigenvalue weighted by Gasteiger charge is -2.22. The van der Waals surface area contributed by atoms with Gasteiger partial charge in [-0.15, -0.1) is 0 Å². The predicted octanol–water partition coefficient (Wildman–Crippen LogP) is 3.08. The van der Waals surface area contributed by atoms with Gasteiger partial charge in [-0.1, -0.05) is 23.9 Å². The summed E-state index contributed by atoms with van der Waals surface area (Å²) in [6, 6.07) is 8.18. The zero-order valence-electron chi connectivity index (χ0n) is 10.3. The van der Waals surface area contributed by atoms with Gasteiger partial charge in [0.1, 0.15) is 23.9 Å². The number of benzene rings is 1. The largest absolute Gasteiger partial charge is 0.490 e. The fourth-order valence-corrected chi connectivity index (χ4v) is 3.09. The van der Waals surface area contributed by atoms with Crippen LogP contribution in [-0.4, -0.2) is 31.4 Å².